The first-order valence-corrected chi connectivity index (χ1v) is 11.0. The van der Waals surface area contributed by atoms with Gasteiger partial charge in [-0.05, 0) is 55.1 Å². The van der Waals surface area contributed by atoms with Crippen LogP contribution in [0, 0.1) is 0 Å². The number of benzene rings is 2. The highest BCUT2D eigenvalue weighted by Gasteiger charge is 2.14. The van der Waals surface area contributed by atoms with Crippen LogP contribution in [0.25, 0.3) is 10.2 Å². The molecule has 1 saturated heterocycles. The number of nitrogens with zero attached hydrogens (tertiary/aromatic N) is 1. The molecule has 0 bridgehead atoms. The Hall–Kier alpha value is -2.19. The number of rotatable bonds is 8. The zero-order chi connectivity index (χ0) is 20.2. The monoisotopic (exact) mass is 413 g/mol. The van der Waals surface area contributed by atoms with E-state index in [1.54, 1.807) is 12.1 Å². The maximum atomic E-state index is 11.6. The van der Waals surface area contributed by atoms with Gasteiger partial charge in [0.1, 0.15) is 17.5 Å². The fourth-order valence-corrected chi connectivity index (χ4v) is 4.86. The Morgan fingerprint density at radius 3 is 2.79 bits per heavy atom. The average Bonchev–Trinajstić information content (AvgIpc) is 3.34. The number of H-pyrrole nitrogens is 1. The van der Waals surface area contributed by atoms with E-state index < -0.39 is 6.23 Å². The normalized spacial score (nSPS) is 15.9. The van der Waals surface area contributed by atoms with E-state index >= 15 is 0 Å². The lowest BCUT2D eigenvalue weighted by Gasteiger charge is -2.16. The van der Waals surface area contributed by atoms with E-state index in [0.29, 0.717) is 23.2 Å². The summed E-state index contributed by atoms with van der Waals surface area (Å²) >= 11 is 1.06. The number of aliphatic hydroxyl groups excluding tert-OH is 1. The Morgan fingerprint density at radius 2 is 1.97 bits per heavy atom. The minimum absolute atomic E-state index is 0.0540. The SMILES string of the molecule is O=c1[nH]c2c(O)ccc(CC(O)NCCc3cccc(CN4CCCC4)c3)c2s1. The summed E-state index contributed by atoms with van der Waals surface area (Å²) in [6, 6.07) is 12.0. The van der Waals surface area contributed by atoms with Crippen molar-refractivity contribution in [2.24, 2.45) is 0 Å². The van der Waals surface area contributed by atoms with Gasteiger partial charge in [-0.15, -0.1) is 0 Å². The molecule has 1 aliphatic heterocycles. The van der Waals surface area contributed by atoms with Gasteiger partial charge in [-0.1, -0.05) is 41.7 Å². The molecule has 0 radical (unpaired) electrons. The molecule has 0 saturated carbocycles. The lowest BCUT2D eigenvalue weighted by Crippen LogP contribution is -2.32. The van der Waals surface area contributed by atoms with Crippen molar-refractivity contribution >= 4 is 21.6 Å². The quantitative estimate of drug-likeness (QED) is 0.426. The molecule has 0 aliphatic carbocycles. The van der Waals surface area contributed by atoms with Crippen molar-refractivity contribution in [3.05, 3.63) is 62.8 Å². The molecule has 6 nitrogen and oxygen atoms in total. The molecular formula is C22H27N3O3S. The predicted molar refractivity (Wildman–Crippen MR) is 116 cm³/mol. The maximum absolute atomic E-state index is 11.6. The third kappa shape index (κ3) is 5.05. The van der Waals surface area contributed by atoms with Crippen LogP contribution in [0.5, 0.6) is 5.75 Å². The van der Waals surface area contributed by atoms with E-state index in [2.05, 4.69) is 39.5 Å². The molecule has 1 unspecified atom stereocenters. The molecule has 2 heterocycles. The minimum atomic E-state index is -0.715. The Morgan fingerprint density at radius 1 is 1.17 bits per heavy atom. The van der Waals surface area contributed by atoms with Gasteiger partial charge in [0.2, 0.25) is 0 Å². The van der Waals surface area contributed by atoms with Crippen LogP contribution < -0.4 is 10.2 Å². The van der Waals surface area contributed by atoms with Crippen molar-refractivity contribution in [2.45, 2.75) is 38.5 Å². The highest BCUT2D eigenvalue weighted by molar-refractivity contribution is 7.16. The number of aromatic nitrogens is 1. The molecule has 1 atom stereocenters. The Balaban J connectivity index is 1.31. The number of thiazole rings is 1. The number of phenolic OH excluding ortho intramolecular Hbond substituents is 1. The highest BCUT2D eigenvalue weighted by Crippen LogP contribution is 2.28. The van der Waals surface area contributed by atoms with E-state index in [1.807, 2.05) is 0 Å². The molecule has 0 spiro atoms. The van der Waals surface area contributed by atoms with Crippen LogP contribution in [0.3, 0.4) is 0 Å². The Labute approximate surface area is 173 Å². The van der Waals surface area contributed by atoms with Gasteiger partial charge in [-0.3, -0.25) is 15.0 Å². The number of aromatic amines is 1. The summed E-state index contributed by atoms with van der Waals surface area (Å²) in [5.41, 5.74) is 3.89. The second-order valence-corrected chi connectivity index (χ2v) is 8.67. The van der Waals surface area contributed by atoms with E-state index in [9.17, 15) is 15.0 Å². The van der Waals surface area contributed by atoms with Crippen molar-refractivity contribution in [3.63, 3.8) is 0 Å². The molecule has 4 N–H and O–H groups in total. The van der Waals surface area contributed by atoms with Crippen LogP contribution in [0.4, 0.5) is 0 Å². The fourth-order valence-electron chi connectivity index (χ4n) is 3.98. The summed E-state index contributed by atoms with van der Waals surface area (Å²) in [4.78, 5) is 16.5. The highest BCUT2D eigenvalue weighted by atomic mass is 32.1. The van der Waals surface area contributed by atoms with Crippen LogP contribution in [-0.4, -0.2) is 46.0 Å². The molecule has 1 fully saturated rings. The van der Waals surface area contributed by atoms with Crippen LogP contribution in [-0.2, 0) is 19.4 Å². The molecule has 0 amide bonds. The number of hydrogen-bond acceptors (Lipinski definition) is 6. The number of nitrogens with one attached hydrogen (secondary N) is 2. The zero-order valence-electron chi connectivity index (χ0n) is 16.4. The lowest BCUT2D eigenvalue weighted by atomic mass is 10.1. The summed E-state index contributed by atoms with van der Waals surface area (Å²) in [5.74, 6) is 0.0540. The van der Waals surface area contributed by atoms with Gasteiger partial charge in [0.15, 0.2) is 0 Å². The smallest absolute Gasteiger partial charge is 0.305 e. The van der Waals surface area contributed by atoms with Gasteiger partial charge in [0.05, 0.1) is 4.70 Å². The molecule has 1 aromatic heterocycles. The Kier molecular flexibility index (Phi) is 6.30. The number of phenols is 1. The van der Waals surface area contributed by atoms with Crippen molar-refractivity contribution in [1.29, 1.82) is 0 Å². The predicted octanol–water partition coefficient (Wildman–Crippen LogP) is 2.58. The van der Waals surface area contributed by atoms with Crippen molar-refractivity contribution in [1.82, 2.24) is 15.2 Å². The fraction of sp³-hybridized carbons (Fsp3) is 0.409. The van der Waals surface area contributed by atoms with E-state index in [4.69, 9.17) is 0 Å². The van der Waals surface area contributed by atoms with Gasteiger partial charge < -0.3 is 15.2 Å². The topological polar surface area (TPSA) is 88.6 Å². The van der Waals surface area contributed by atoms with Crippen molar-refractivity contribution < 1.29 is 10.2 Å². The summed E-state index contributed by atoms with van der Waals surface area (Å²) in [6.45, 7) is 4.07. The number of aliphatic hydroxyl groups is 1. The lowest BCUT2D eigenvalue weighted by molar-refractivity contribution is 0.138. The van der Waals surface area contributed by atoms with Gasteiger partial charge >= 0.3 is 4.87 Å². The summed E-state index contributed by atoms with van der Waals surface area (Å²) in [5, 5.41) is 23.4. The number of hydrogen-bond donors (Lipinski definition) is 4. The largest absolute Gasteiger partial charge is 0.506 e. The molecule has 1 aliphatic rings. The van der Waals surface area contributed by atoms with E-state index in [1.165, 1.54) is 37.1 Å². The van der Waals surface area contributed by atoms with Gasteiger partial charge in [-0.2, -0.15) is 0 Å². The average molecular weight is 414 g/mol. The Bertz CT molecular complexity index is 1020. The van der Waals surface area contributed by atoms with Crippen LogP contribution in [0.1, 0.15) is 29.5 Å². The van der Waals surface area contributed by atoms with Gasteiger partial charge in [0.25, 0.3) is 0 Å². The first-order valence-electron chi connectivity index (χ1n) is 10.1. The van der Waals surface area contributed by atoms with Gasteiger partial charge in [-0.25, -0.2) is 0 Å². The van der Waals surface area contributed by atoms with Crippen LogP contribution in [0.15, 0.2) is 41.2 Å². The number of likely N-dealkylation sites (tertiary alicyclic amines) is 1. The zero-order valence-corrected chi connectivity index (χ0v) is 17.2. The standard InChI is InChI=1S/C22H27N3O3S/c26-18-7-6-17(21-20(18)24-22(28)29-21)13-19(27)23-9-8-15-4-3-5-16(12-15)14-25-10-1-2-11-25/h3-7,12,19,23,26-27H,1-2,8-11,13-14H2,(H,24,28). The van der Waals surface area contributed by atoms with Crippen molar-refractivity contribution in [2.75, 3.05) is 19.6 Å². The number of aromatic hydroxyl groups is 1. The molecule has 2 aromatic carbocycles. The molecular weight excluding hydrogens is 386 g/mol. The summed E-state index contributed by atoms with van der Waals surface area (Å²) in [7, 11) is 0. The molecule has 7 heteroatoms. The summed E-state index contributed by atoms with van der Waals surface area (Å²) in [6.07, 6.45) is 3.10. The summed E-state index contributed by atoms with van der Waals surface area (Å²) < 4.78 is 0.700. The molecule has 3 aromatic rings. The first-order chi connectivity index (χ1) is 14.1. The maximum Gasteiger partial charge on any atom is 0.305 e. The van der Waals surface area contributed by atoms with Gasteiger partial charge in [0, 0.05) is 19.5 Å². The molecule has 29 heavy (non-hydrogen) atoms. The van der Waals surface area contributed by atoms with E-state index in [0.717, 1.165) is 29.9 Å². The first kappa shape index (κ1) is 20.1. The van der Waals surface area contributed by atoms with E-state index in [-0.39, 0.29) is 10.6 Å². The second-order valence-electron chi connectivity index (χ2n) is 7.69. The van der Waals surface area contributed by atoms with Crippen molar-refractivity contribution in [3.8, 4) is 5.75 Å². The third-order valence-corrected chi connectivity index (χ3v) is 6.40. The number of fused-ring (bicyclic) bond motifs is 1. The molecule has 4 rings (SSSR count). The van der Waals surface area contributed by atoms with Crippen LogP contribution >= 0.6 is 11.3 Å². The second kappa shape index (κ2) is 9.09. The molecule has 154 valence electrons. The third-order valence-electron chi connectivity index (χ3n) is 5.44. The minimum Gasteiger partial charge on any atom is -0.506 e. The van der Waals surface area contributed by atoms with Crippen LogP contribution in [0.2, 0.25) is 0 Å².